The smallest absolute Gasteiger partial charge is 0.244 e. The molecule has 0 amide bonds. The third-order valence-electron chi connectivity index (χ3n) is 4.13. The van der Waals surface area contributed by atoms with Crippen LogP contribution in [0.1, 0.15) is 11.1 Å². The third kappa shape index (κ3) is 4.04. The Balaban J connectivity index is 1.72. The summed E-state index contributed by atoms with van der Waals surface area (Å²) in [7, 11) is 0. The van der Waals surface area contributed by atoms with E-state index < -0.39 is 0 Å². The zero-order valence-electron chi connectivity index (χ0n) is 14.7. The van der Waals surface area contributed by atoms with Crippen LogP contribution in [0.4, 0.5) is 5.95 Å². The van der Waals surface area contributed by atoms with Gasteiger partial charge in [-0.25, -0.2) is 15.4 Å². The molecule has 0 radical (unpaired) electrons. The van der Waals surface area contributed by atoms with Crippen molar-refractivity contribution in [2.45, 2.75) is 6.92 Å². The molecule has 5 heteroatoms. The van der Waals surface area contributed by atoms with Crippen molar-refractivity contribution >= 4 is 39.0 Å². The van der Waals surface area contributed by atoms with Crippen LogP contribution in [0, 0.1) is 6.92 Å². The number of hydrogen-bond donors (Lipinski definition) is 1. The van der Waals surface area contributed by atoms with Gasteiger partial charge in [0.2, 0.25) is 5.95 Å². The van der Waals surface area contributed by atoms with E-state index in [0.717, 1.165) is 32.2 Å². The number of benzene rings is 3. The number of hydrogen-bond acceptors (Lipinski definition) is 4. The Morgan fingerprint density at radius 3 is 2.59 bits per heavy atom. The lowest BCUT2D eigenvalue weighted by molar-refractivity contribution is 1.15. The quantitative estimate of drug-likeness (QED) is 0.337. The van der Waals surface area contributed by atoms with Gasteiger partial charge in [0.05, 0.1) is 17.4 Å². The number of rotatable bonds is 4. The van der Waals surface area contributed by atoms with Gasteiger partial charge in [-0.2, -0.15) is 5.10 Å². The van der Waals surface area contributed by atoms with Gasteiger partial charge in [-0.05, 0) is 36.8 Å². The summed E-state index contributed by atoms with van der Waals surface area (Å²) in [5, 5.41) is 5.32. The first-order chi connectivity index (χ1) is 13.2. The normalized spacial score (nSPS) is 11.2. The lowest BCUT2D eigenvalue weighted by Gasteiger charge is -2.09. The molecule has 0 saturated heterocycles. The molecule has 1 N–H and O–H groups in total. The number of fused-ring (bicyclic) bond motifs is 1. The van der Waals surface area contributed by atoms with Crippen LogP contribution in [0.25, 0.3) is 22.2 Å². The number of halogens is 1. The molecule has 132 valence electrons. The molecule has 4 nitrogen and oxygen atoms in total. The van der Waals surface area contributed by atoms with Gasteiger partial charge in [0.25, 0.3) is 0 Å². The Labute approximate surface area is 166 Å². The van der Waals surface area contributed by atoms with Crippen molar-refractivity contribution in [2.75, 3.05) is 5.43 Å². The molecule has 27 heavy (non-hydrogen) atoms. The highest BCUT2D eigenvalue weighted by Crippen LogP contribution is 2.28. The zero-order valence-corrected chi connectivity index (χ0v) is 16.3. The average molecular weight is 417 g/mol. The fourth-order valence-corrected chi connectivity index (χ4v) is 3.28. The van der Waals surface area contributed by atoms with E-state index in [-0.39, 0.29) is 0 Å². The monoisotopic (exact) mass is 416 g/mol. The van der Waals surface area contributed by atoms with E-state index in [2.05, 4.69) is 62.6 Å². The molecule has 3 aromatic carbocycles. The van der Waals surface area contributed by atoms with Crippen LogP contribution in [0.15, 0.2) is 82.4 Å². The summed E-state index contributed by atoms with van der Waals surface area (Å²) in [6, 6.07) is 24.2. The first kappa shape index (κ1) is 17.4. The summed E-state index contributed by atoms with van der Waals surface area (Å²) in [4.78, 5) is 9.32. The number of aromatic nitrogens is 2. The molecule has 1 heterocycles. The van der Waals surface area contributed by atoms with Gasteiger partial charge in [-0.15, -0.1) is 0 Å². The van der Waals surface area contributed by atoms with Crippen LogP contribution in [0.2, 0.25) is 0 Å². The molecular weight excluding hydrogens is 400 g/mol. The van der Waals surface area contributed by atoms with Crippen LogP contribution in [-0.2, 0) is 0 Å². The van der Waals surface area contributed by atoms with Gasteiger partial charge in [-0.3, -0.25) is 0 Å². The minimum atomic E-state index is 0.469. The molecule has 0 aliphatic carbocycles. The van der Waals surface area contributed by atoms with Crippen molar-refractivity contribution in [3.8, 4) is 11.3 Å². The van der Waals surface area contributed by atoms with Gasteiger partial charge in [0, 0.05) is 15.4 Å². The SMILES string of the molecule is Cc1ccc2nc(NN=Cc3cccc(Br)c3)nc(-c3ccccc3)c2c1. The van der Waals surface area contributed by atoms with Crippen molar-refractivity contribution in [3.05, 3.63) is 88.4 Å². The second-order valence-corrected chi connectivity index (χ2v) is 7.12. The molecule has 0 fully saturated rings. The molecule has 0 spiro atoms. The standard InChI is InChI=1S/C22H17BrN4/c1-15-10-11-20-19(12-15)21(17-7-3-2-4-8-17)26-22(25-20)27-24-14-16-6-5-9-18(23)13-16/h2-14H,1H3,(H,25,26,27). The molecule has 0 unspecified atom stereocenters. The van der Waals surface area contributed by atoms with Gasteiger partial charge in [-0.1, -0.05) is 70.0 Å². The lowest BCUT2D eigenvalue weighted by Crippen LogP contribution is -2.00. The molecule has 4 rings (SSSR count). The molecule has 1 aromatic heterocycles. The van der Waals surface area contributed by atoms with Crippen molar-refractivity contribution in [2.24, 2.45) is 5.10 Å². The zero-order chi connectivity index (χ0) is 18.6. The second kappa shape index (κ2) is 7.68. The summed E-state index contributed by atoms with van der Waals surface area (Å²) in [5.41, 5.74) is 7.95. The maximum Gasteiger partial charge on any atom is 0.244 e. The summed E-state index contributed by atoms with van der Waals surface area (Å²) in [6.45, 7) is 2.07. The van der Waals surface area contributed by atoms with E-state index in [1.165, 1.54) is 5.56 Å². The summed E-state index contributed by atoms with van der Waals surface area (Å²) < 4.78 is 1.01. The van der Waals surface area contributed by atoms with Crippen molar-refractivity contribution in [1.29, 1.82) is 0 Å². The summed E-state index contributed by atoms with van der Waals surface area (Å²) in [5.74, 6) is 0.469. The fraction of sp³-hybridized carbons (Fsp3) is 0.0455. The first-order valence-corrected chi connectivity index (χ1v) is 9.37. The molecular formula is C22H17BrN4. The van der Waals surface area contributed by atoms with Gasteiger partial charge >= 0.3 is 0 Å². The van der Waals surface area contributed by atoms with Crippen LogP contribution in [0.5, 0.6) is 0 Å². The Morgan fingerprint density at radius 2 is 1.78 bits per heavy atom. The average Bonchev–Trinajstić information content (AvgIpc) is 2.68. The minimum absolute atomic E-state index is 0.469. The van der Waals surface area contributed by atoms with Gasteiger partial charge in [0.15, 0.2) is 0 Å². The highest BCUT2D eigenvalue weighted by Gasteiger charge is 2.09. The van der Waals surface area contributed by atoms with Crippen LogP contribution in [0.3, 0.4) is 0 Å². The molecule has 0 aliphatic heterocycles. The van der Waals surface area contributed by atoms with Crippen LogP contribution in [-0.4, -0.2) is 16.2 Å². The maximum atomic E-state index is 4.72. The van der Waals surface area contributed by atoms with E-state index in [9.17, 15) is 0 Å². The Hall–Kier alpha value is -3.05. The second-order valence-electron chi connectivity index (χ2n) is 6.21. The lowest BCUT2D eigenvalue weighted by atomic mass is 10.0. The highest BCUT2D eigenvalue weighted by atomic mass is 79.9. The van der Waals surface area contributed by atoms with Crippen LogP contribution < -0.4 is 5.43 Å². The molecule has 0 atom stereocenters. The Kier molecular flexibility index (Phi) is 4.94. The van der Waals surface area contributed by atoms with Crippen molar-refractivity contribution < 1.29 is 0 Å². The first-order valence-electron chi connectivity index (χ1n) is 8.57. The molecule has 0 aliphatic rings. The van der Waals surface area contributed by atoms with E-state index >= 15 is 0 Å². The number of nitrogens with one attached hydrogen (secondary N) is 1. The van der Waals surface area contributed by atoms with Crippen LogP contribution >= 0.6 is 15.9 Å². The fourth-order valence-electron chi connectivity index (χ4n) is 2.86. The third-order valence-corrected chi connectivity index (χ3v) is 4.62. The van der Waals surface area contributed by atoms with Crippen molar-refractivity contribution in [3.63, 3.8) is 0 Å². The number of aryl methyl sites for hydroxylation is 1. The summed E-state index contributed by atoms with van der Waals surface area (Å²) in [6.07, 6.45) is 1.75. The van der Waals surface area contributed by atoms with E-state index in [1.807, 2.05) is 48.5 Å². The predicted molar refractivity (Wildman–Crippen MR) is 115 cm³/mol. The van der Waals surface area contributed by atoms with Gasteiger partial charge < -0.3 is 0 Å². The van der Waals surface area contributed by atoms with Crippen molar-refractivity contribution in [1.82, 2.24) is 9.97 Å². The van der Waals surface area contributed by atoms with E-state index in [1.54, 1.807) is 6.21 Å². The largest absolute Gasteiger partial charge is 0.245 e. The van der Waals surface area contributed by atoms with E-state index in [0.29, 0.717) is 5.95 Å². The molecule has 0 bridgehead atoms. The predicted octanol–water partition coefficient (Wildman–Crippen LogP) is 5.81. The Bertz CT molecular complexity index is 1120. The topological polar surface area (TPSA) is 50.2 Å². The Morgan fingerprint density at radius 1 is 0.926 bits per heavy atom. The number of anilines is 1. The van der Waals surface area contributed by atoms with Gasteiger partial charge in [0.1, 0.15) is 0 Å². The molecule has 0 saturated carbocycles. The molecule has 4 aromatic rings. The van der Waals surface area contributed by atoms with E-state index in [4.69, 9.17) is 4.98 Å². The minimum Gasteiger partial charge on any atom is -0.245 e. The highest BCUT2D eigenvalue weighted by molar-refractivity contribution is 9.10. The number of nitrogens with zero attached hydrogens (tertiary/aromatic N) is 3. The number of hydrazone groups is 1. The summed E-state index contributed by atoms with van der Waals surface area (Å²) >= 11 is 3.46. The maximum absolute atomic E-state index is 4.72.